The molecule has 7 rings (SSSR count). The van der Waals surface area contributed by atoms with Crippen molar-refractivity contribution in [1.29, 1.82) is 0 Å². The van der Waals surface area contributed by atoms with E-state index in [1.54, 1.807) is 18.7 Å². The Morgan fingerprint density at radius 2 is 1.94 bits per heavy atom. The second kappa shape index (κ2) is 14.1. The fourth-order valence-corrected chi connectivity index (χ4v) is 7.86. The summed E-state index contributed by atoms with van der Waals surface area (Å²) in [6.45, 7) is 0.0702. The highest BCUT2D eigenvalue weighted by Gasteiger charge is 2.61. The Bertz CT molecular complexity index is 1890. The molecule has 3 amide bonds. The van der Waals surface area contributed by atoms with Crippen LogP contribution in [0.3, 0.4) is 0 Å². The molecule has 4 aromatic rings. The molecule has 1 saturated heterocycles. The summed E-state index contributed by atoms with van der Waals surface area (Å²) in [5.41, 5.74) is 0.823. The molecule has 0 unspecified atom stereocenters. The highest BCUT2D eigenvalue weighted by atomic mass is 32.1. The smallest absolute Gasteiger partial charge is 0.330 e. The summed E-state index contributed by atoms with van der Waals surface area (Å²) in [6.07, 6.45) is 10.8. The summed E-state index contributed by atoms with van der Waals surface area (Å²) >= 11 is 2.55. The molecule has 0 bridgehead atoms. The molecule has 2 fully saturated rings. The summed E-state index contributed by atoms with van der Waals surface area (Å²) in [7, 11) is 1.59. The van der Waals surface area contributed by atoms with Crippen molar-refractivity contribution in [2.24, 2.45) is 5.92 Å². The second-order valence-corrected chi connectivity index (χ2v) is 14.3. The van der Waals surface area contributed by atoms with Gasteiger partial charge in [0.15, 0.2) is 0 Å². The summed E-state index contributed by atoms with van der Waals surface area (Å²) in [5, 5.41) is 29.8. The summed E-state index contributed by atoms with van der Waals surface area (Å²) in [4.78, 5) is 61.7. The average molecular weight is 717 g/mol. The van der Waals surface area contributed by atoms with E-state index in [4.69, 9.17) is 14.9 Å². The molecule has 3 N–H and O–H groups in total. The second-order valence-electron chi connectivity index (χ2n) is 12.8. The molecule has 2 aliphatic heterocycles. The summed E-state index contributed by atoms with van der Waals surface area (Å²) < 4.78 is 9.35. The van der Waals surface area contributed by atoms with Gasteiger partial charge in [0, 0.05) is 41.4 Å². The fourth-order valence-electron chi connectivity index (χ4n) is 6.72. The number of ether oxygens (including phenoxy) is 1. The first-order valence-corrected chi connectivity index (χ1v) is 18.2. The van der Waals surface area contributed by atoms with Crippen molar-refractivity contribution in [3.05, 3.63) is 65.1 Å². The molecule has 260 valence electrons. The number of nitrogens with zero attached hydrogens (tertiary/aromatic N) is 6. The molecule has 3 aromatic heterocycles. The lowest BCUT2D eigenvalue weighted by atomic mass is 10.0. The predicted octanol–water partition coefficient (Wildman–Crippen LogP) is 3.95. The maximum Gasteiger partial charge on any atom is 0.330 e. The zero-order chi connectivity index (χ0) is 34.8. The number of fused-ring (bicyclic) bond motifs is 2. The van der Waals surface area contributed by atoms with Crippen LogP contribution in [0.2, 0.25) is 0 Å². The lowest BCUT2D eigenvalue weighted by Crippen LogP contribution is -2.56. The van der Waals surface area contributed by atoms with Crippen LogP contribution in [-0.4, -0.2) is 89.3 Å². The van der Waals surface area contributed by atoms with Crippen molar-refractivity contribution in [2.75, 3.05) is 13.7 Å². The van der Waals surface area contributed by atoms with Gasteiger partial charge in [-0.05, 0) is 61.5 Å². The minimum atomic E-state index is -1.44. The number of nitrogens with one attached hydrogen (secondary N) is 2. The number of benzene rings is 1. The molecule has 14 nitrogen and oxygen atoms in total. The van der Waals surface area contributed by atoms with Crippen LogP contribution in [0.5, 0.6) is 5.75 Å². The molecular formula is C34H36N8O6S2. The Kier molecular flexibility index (Phi) is 9.46. The van der Waals surface area contributed by atoms with Crippen molar-refractivity contribution >= 4 is 46.6 Å². The van der Waals surface area contributed by atoms with Gasteiger partial charge in [0.25, 0.3) is 5.91 Å². The maximum absolute atomic E-state index is 14.5. The van der Waals surface area contributed by atoms with E-state index in [-0.39, 0.29) is 25.3 Å². The number of carboxylic acids is 1. The van der Waals surface area contributed by atoms with E-state index in [9.17, 15) is 24.3 Å². The molecule has 16 heteroatoms. The zero-order valence-corrected chi connectivity index (χ0v) is 28.9. The molecule has 3 aliphatic rings. The summed E-state index contributed by atoms with van der Waals surface area (Å²) in [5.74, 6) is -2.18. The molecule has 0 radical (unpaired) electrons. The van der Waals surface area contributed by atoms with Crippen LogP contribution < -0.4 is 15.4 Å². The third kappa shape index (κ3) is 6.64. The van der Waals surface area contributed by atoms with Crippen LogP contribution in [0.15, 0.2) is 59.6 Å². The van der Waals surface area contributed by atoms with E-state index in [1.165, 1.54) is 27.2 Å². The van der Waals surface area contributed by atoms with Gasteiger partial charge in [-0.25, -0.2) is 14.2 Å². The highest BCUT2D eigenvalue weighted by Crippen LogP contribution is 2.46. The number of carbonyl (C=O) groups excluding carboxylic acids is 3. The van der Waals surface area contributed by atoms with E-state index in [0.717, 1.165) is 36.4 Å². The summed E-state index contributed by atoms with van der Waals surface area (Å²) in [6, 6.07) is 4.94. The lowest BCUT2D eigenvalue weighted by Gasteiger charge is -2.29. The molecular weight excluding hydrogens is 681 g/mol. The Morgan fingerprint density at radius 3 is 2.66 bits per heavy atom. The van der Waals surface area contributed by atoms with E-state index in [1.807, 2.05) is 41.8 Å². The largest absolute Gasteiger partial charge is 0.497 e. The lowest BCUT2D eigenvalue weighted by molar-refractivity contribution is -0.145. The number of carbonyl (C=O) groups is 4. The average Bonchev–Trinajstić information content (AvgIpc) is 3.77. The first-order chi connectivity index (χ1) is 24.3. The van der Waals surface area contributed by atoms with Gasteiger partial charge in [-0.15, -0.1) is 16.4 Å². The van der Waals surface area contributed by atoms with Crippen LogP contribution in [0.1, 0.15) is 61.3 Å². The van der Waals surface area contributed by atoms with Gasteiger partial charge in [0.1, 0.15) is 39.8 Å². The van der Waals surface area contributed by atoms with Crippen LogP contribution in [0.4, 0.5) is 0 Å². The quantitative estimate of drug-likeness (QED) is 0.237. The van der Waals surface area contributed by atoms with Gasteiger partial charge >= 0.3 is 5.97 Å². The van der Waals surface area contributed by atoms with Crippen molar-refractivity contribution in [1.82, 2.24) is 39.9 Å². The topological polar surface area (TPSA) is 182 Å². The van der Waals surface area contributed by atoms with Gasteiger partial charge in [-0.1, -0.05) is 25.0 Å². The number of thiazole rings is 1. The first-order valence-electron chi connectivity index (χ1n) is 16.5. The fraction of sp³-hybridized carbons (Fsp3) is 0.412. The molecule has 5 atom stereocenters. The van der Waals surface area contributed by atoms with Crippen LogP contribution in [0, 0.1) is 5.92 Å². The number of hydrogen-bond acceptors (Lipinski definition) is 11. The Hall–Kier alpha value is -4.96. The first kappa shape index (κ1) is 33.5. The van der Waals surface area contributed by atoms with Crippen molar-refractivity contribution < 1.29 is 29.0 Å². The van der Waals surface area contributed by atoms with E-state index in [0.29, 0.717) is 40.6 Å². The number of carboxylic acid groups (broad SMARTS) is 1. The number of aromatic nitrogens is 5. The van der Waals surface area contributed by atoms with Crippen LogP contribution in [-0.2, 0) is 14.4 Å². The minimum absolute atomic E-state index is 0.0702. The number of methoxy groups -OCH3 is 1. The Labute approximate surface area is 295 Å². The predicted molar refractivity (Wildman–Crippen MR) is 184 cm³/mol. The molecule has 1 aliphatic carbocycles. The van der Waals surface area contributed by atoms with Crippen LogP contribution in [0.25, 0.3) is 22.0 Å². The normalized spacial score (nSPS) is 26.1. The molecule has 1 saturated carbocycles. The standard InChI is InChI=1S/C34H36N8O6S2/c1-48-24-11-9-20(10-12-24)27-28(31-35-13-14-49-31)40-42(39-27)23-15-26-30(44)38-34(33(46)47)16-22(34)7-5-3-2-4-6-8-25(32(45)41(26)18-23)37-29(43)21-17-36-50-19-21/h5,7,9-14,17,19,22-23,25-26H,2-4,6,8,15-16,18H2,1H3,(H,37,43)(H,38,44)(H,46,47)/b7-5-/t22-,23-,25-,26+,34+/m1/s1. The number of aliphatic carboxylic acids is 1. The van der Waals surface area contributed by atoms with Gasteiger partial charge < -0.3 is 25.4 Å². The Morgan fingerprint density at radius 1 is 1.12 bits per heavy atom. The zero-order valence-electron chi connectivity index (χ0n) is 27.2. The monoisotopic (exact) mass is 716 g/mol. The number of allylic oxidation sites excluding steroid dienone is 1. The third-order valence-electron chi connectivity index (χ3n) is 9.59. The van der Waals surface area contributed by atoms with E-state index < -0.39 is 47.4 Å². The SMILES string of the molecule is COc1ccc(-c2nn([C@@H]3C[C@H]4C(=O)N[C@@]5(C(=O)O)C[C@H]5/C=C\CCCCC[C@@H](NC(=O)c5cnsc5)C(=O)N4C3)nc2-c2nccs2)cc1. The van der Waals surface area contributed by atoms with E-state index >= 15 is 0 Å². The third-order valence-corrected chi connectivity index (χ3v) is 11.0. The van der Waals surface area contributed by atoms with Gasteiger partial charge in [-0.3, -0.25) is 14.4 Å². The molecule has 0 spiro atoms. The van der Waals surface area contributed by atoms with E-state index in [2.05, 4.69) is 20.0 Å². The van der Waals surface area contributed by atoms with Gasteiger partial charge in [0.2, 0.25) is 11.8 Å². The maximum atomic E-state index is 14.5. The van der Waals surface area contributed by atoms with Crippen molar-refractivity contribution in [3.8, 4) is 27.7 Å². The Balaban J connectivity index is 1.24. The number of hydrogen-bond donors (Lipinski definition) is 3. The van der Waals surface area contributed by atoms with Crippen LogP contribution >= 0.6 is 22.9 Å². The number of rotatable bonds is 7. The van der Waals surface area contributed by atoms with Crippen molar-refractivity contribution in [3.63, 3.8) is 0 Å². The highest BCUT2D eigenvalue weighted by molar-refractivity contribution is 7.13. The van der Waals surface area contributed by atoms with Gasteiger partial charge in [0.05, 0.1) is 24.9 Å². The molecule has 1 aromatic carbocycles. The number of amides is 3. The van der Waals surface area contributed by atoms with Crippen molar-refractivity contribution in [2.45, 2.75) is 68.6 Å². The molecule has 50 heavy (non-hydrogen) atoms. The minimum Gasteiger partial charge on any atom is -0.497 e. The molecule has 5 heterocycles. The van der Waals surface area contributed by atoms with Gasteiger partial charge in [-0.2, -0.15) is 9.90 Å².